The highest BCUT2D eigenvalue weighted by atomic mass is 32.2. The maximum Gasteiger partial charge on any atom is 0.186 e. The summed E-state index contributed by atoms with van der Waals surface area (Å²) in [5.41, 5.74) is 12.3. The van der Waals surface area contributed by atoms with Gasteiger partial charge < -0.3 is 11.5 Å². The molecule has 0 atom stereocenters. The molecule has 0 bridgehead atoms. The number of halogens is 1. The summed E-state index contributed by atoms with van der Waals surface area (Å²) in [5.74, 6) is 0.108. The van der Waals surface area contributed by atoms with E-state index in [0.717, 1.165) is 0 Å². The molecule has 0 spiro atoms. The van der Waals surface area contributed by atoms with Gasteiger partial charge in [-0.1, -0.05) is 23.9 Å². The summed E-state index contributed by atoms with van der Waals surface area (Å²) in [6.45, 7) is 1.49. The van der Waals surface area contributed by atoms with Gasteiger partial charge in [-0.15, -0.1) is 0 Å². The van der Waals surface area contributed by atoms with Crippen molar-refractivity contribution in [1.82, 2.24) is 0 Å². The van der Waals surface area contributed by atoms with Gasteiger partial charge in [0.15, 0.2) is 5.12 Å². The highest BCUT2D eigenvalue weighted by Gasteiger charge is 2.02. The Bertz CT molecular complexity index is 432. The number of hydrogen-bond donors (Lipinski definition) is 2. The SMILES string of the molecule is CC(=O)SCC=Cc1cc(F)cc(N)c1N. The van der Waals surface area contributed by atoms with Crippen molar-refractivity contribution in [2.45, 2.75) is 6.92 Å². The molecule has 1 aromatic carbocycles. The van der Waals surface area contributed by atoms with Crippen LogP contribution in [0.15, 0.2) is 18.2 Å². The van der Waals surface area contributed by atoms with Gasteiger partial charge in [0, 0.05) is 18.2 Å². The first-order chi connectivity index (χ1) is 7.50. The van der Waals surface area contributed by atoms with E-state index in [-0.39, 0.29) is 10.8 Å². The molecule has 0 radical (unpaired) electrons. The van der Waals surface area contributed by atoms with Crippen LogP contribution in [0.5, 0.6) is 0 Å². The number of rotatable bonds is 3. The number of benzene rings is 1. The van der Waals surface area contributed by atoms with Crippen LogP contribution < -0.4 is 11.5 Å². The number of hydrogen-bond acceptors (Lipinski definition) is 4. The van der Waals surface area contributed by atoms with E-state index in [2.05, 4.69) is 0 Å². The molecule has 0 unspecified atom stereocenters. The molecule has 0 fully saturated rings. The number of thioether (sulfide) groups is 1. The summed E-state index contributed by atoms with van der Waals surface area (Å²) >= 11 is 1.17. The molecule has 3 nitrogen and oxygen atoms in total. The molecule has 1 rings (SSSR count). The monoisotopic (exact) mass is 240 g/mol. The molecule has 0 aliphatic rings. The quantitative estimate of drug-likeness (QED) is 0.795. The second-order valence-corrected chi connectivity index (χ2v) is 4.40. The first-order valence-electron chi connectivity index (χ1n) is 4.65. The van der Waals surface area contributed by atoms with Gasteiger partial charge in [-0.25, -0.2) is 4.39 Å². The van der Waals surface area contributed by atoms with Crippen LogP contribution in [0.25, 0.3) is 6.08 Å². The highest BCUT2D eigenvalue weighted by Crippen LogP contribution is 2.23. The maximum atomic E-state index is 13.0. The fraction of sp³-hybridized carbons (Fsp3) is 0.182. The molecule has 0 saturated carbocycles. The average molecular weight is 240 g/mol. The Balaban J connectivity index is 2.77. The molecule has 1 aromatic rings. The van der Waals surface area contributed by atoms with E-state index in [9.17, 15) is 9.18 Å². The summed E-state index contributed by atoms with van der Waals surface area (Å²) in [6, 6.07) is 2.48. The van der Waals surface area contributed by atoms with Gasteiger partial charge in [-0.3, -0.25) is 4.79 Å². The van der Waals surface area contributed by atoms with Crippen LogP contribution in [-0.4, -0.2) is 10.9 Å². The number of nitrogens with two attached hydrogens (primary N) is 2. The van der Waals surface area contributed by atoms with Crippen molar-refractivity contribution < 1.29 is 9.18 Å². The van der Waals surface area contributed by atoms with E-state index >= 15 is 0 Å². The van der Waals surface area contributed by atoms with Crippen molar-refractivity contribution in [3.8, 4) is 0 Å². The molecular weight excluding hydrogens is 227 g/mol. The number of carbonyl (C=O) groups excluding carboxylic acids is 1. The molecule has 0 aliphatic heterocycles. The third-order valence-corrected chi connectivity index (χ3v) is 2.65. The lowest BCUT2D eigenvalue weighted by atomic mass is 10.1. The van der Waals surface area contributed by atoms with E-state index in [1.807, 2.05) is 0 Å². The molecule has 16 heavy (non-hydrogen) atoms. The van der Waals surface area contributed by atoms with Crippen LogP contribution in [0.3, 0.4) is 0 Å². The van der Waals surface area contributed by atoms with Crippen LogP contribution in [0.4, 0.5) is 15.8 Å². The molecular formula is C11H13FN2OS. The second-order valence-electron chi connectivity index (χ2n) is 3.20. The van der Waals surface area contributed by atoms with E-state index in [0.29, 0.717) is 17.0 Å². The van der Waals surface area contributed by atoms with Gasteiger partial charge in [0.1, 0.15) is 5.82 Å². The summed E-state index contributed by atoms with van der Waals surface area (Å²) in [7, 11) is 0. The Hall–Kier alpha value is -1.49. The molecule has 0 aromatic heterocycles. The third-order valence-electron chi connectivity index (χ3n) is 1.89. The Labute approximate surface area is 97.7 Å². The second kappa shape index (κ2) is 5.55. The molecule has 0 aliphatic carbocycles. The topological polar surface area (TPSA) is 69.1 Å². The lowest BCUT2D eigenvalue weighted by Crippen LogP contribution is -1.98. The van der Waals surface area contributed by atoms with Crippen molar-refractivity contribution in [2.24, 2.45) is 0 Å². The predicted molar refractivity (Wildman–Crippen MR) is 67.4 cm³/mol. The van der Waals surface area contributed by atoms with Crippen molar-refractivity contribution in [3.63, 3.8) is 0 Å². The standard InChI is InChI=1S/C11H13FN2OS/c1-7(15)16-4-2-3-8-5-9(12)6-10(13)11(8)14/h2-3,5-6H,4,13-14H2,1H3. The zero-order valence-corrected chi connectivity index (χ0v) is 9.68. The van der Waals surface area contributed by atoms with Crippen LogP contribution >= 0.6 is 11.8 Å². The Morgan fingerprint density at radius 2 is 2.19 bits per heavy atom. The van der Waals surface area contributed by atoms with Crippen molar-refractivity contribution >= 4 is 34.3 Å². The van der Waals surface area contributed by atoms with Crippen LogP contribution in [0, 0.1) is 5.82 Å². The summed E-state index contributed by atoms with van der Waals surface area (Å²) < 4.78 is 13.0. The van der Waals surface area contributed by atoms with Crippen molar-refractivity contribution in [3.05, 3.63) is 29.6 Å². The zero-order valence-electron chi connectivity index (χ0n) is 8.87. The maximum absolute atomic E-state index is 13.0. The summed E-state index contributed by atoms with van der Waals surface area (Å²) in [6.07, 6.45) is 3.40. The molecule has 86 valence electrons. The molecule has 5 heteroatoms. The average Bonchev–Trinajstić information content (AvgIpc) is 2.19. The number of anilines is 2. The van der Waals surface area contributed by atoms with E-state index in [1.54, 1.807) is 12.2 Å². The third kappa shape index (κ3) is 3.58. The molecule has 0 amide bonds. The molecule has 0 saturated heterocycles. The first-order valence-corrected chi connectivity index (χ1v) is 5.63. The largest absolute Gasteiger partial charge is 0.397 e. The Morgan fingerprint density at radius 1 is 1.50 bits per heavy atom. The van der Waals surface area contributed by atoms with Crippen LogP contribution in [-0.2, 0) is 4.79 Å². The fourth-order valence-electron chi connectivity index (χ4n) is 1.14. The highest BCUT2D eigenvalue weighted by molar-refractivity contribution is 8.13. The van der Waals surface area contributed by atoms with Gasteiger partial charge in [-0.05, 0) is 12.1 Å². The van der Waals surface area contributed by atoms with Crippen LogP contribution in [0.1, 0.15) is 12.5 Å². The first kappa shape index (κ1) is 12.6. The van der Waals surface area contributed by atoms with Gasteiger partial charge in [-0.2, -0.15) is 0 Å². The minimum absolute atomic E-state index is 0.0383. The Kier molecular flexibility index (Phi) is 4.37. The lowest BCUT2D eigenvalue weighted by molar-refractivity contribution is -0.109. The molecule has 4 N–H and O–H groups in total. The van der Waals surface area contributed by atoms with E-state index in [4.69, 9.17) is 11.5 Å². The molecule has 0 heterocycles. The minimum atomic E-state index is -0.425. The Morgan fingerprint density at radius 3 is 2.81 bits per heavy atom. The number of nitrogen functional groups attached to an aromatic ring is 2. The van der Waals surface area contributed by atoms with E-state index < -0.39 is 5.82 Å². The van der Waals surface area contributed by atoms with Crippen LogP contribution in [0.2, 0.25) is 0 Å². The lowest BCUT2D eigenvalue weighted by Gasteiger charge is -2.04. The normalized spacial score (nSPS) is 10.9. The predicted octanol–water partition coefficient (Wildman–Crippen LogP) is 2.28. The van der Waals surface area contributed by atoms with Gasteiger partial charge in [0.05, 0.1) is 11.4 Å². The number of carbonyl (C=O) groups is 1. The smallest absolute Gasteiger partial charge is 0.186 e. The fourth-order valence-corrected chi connectivity index (χ4v) is 1.57. The van der Waals surface area contributed by atoms with Gasteiger partial charge in [0.2, 0.25) is 0 Å². The summed E-state index contributed by atoms with van der Waals surface area (Å²) in [4.78, 5) is 10.7. The van der Waals surface area contributed by atoms with Gasteiger partial charge in [0.25, 0.3) is 0 Å². The van der Waals surface area contributed by atoms with Gasteiger partial charge >= 0.3 is 0 Å². The van der Waals surface area contributed by atoms with Crippen molar-refractivity contribution in [1.29, 1.82) is 0 Å². The zero-order chi connectivity index (χ0) is 12.1. The minimum Gasteiger partial charge on any atom is -0.397 e. The summed E-state index contributed by atoms with van der Waals surface area (Å²) in [5, 5.41) is 0.0383. The van der Waals surface area contributed by atoms with E-state index in [1.165, 1.54) is 30.8 Å². The van der Waals surface area contributed by atoms with Crippen molar-refractivity contribution in [2.75, 3.05) is 17.2 Å².